The Morgan fingerprint density at radius 1 is 0.957 bits per heavy atom. The number of rotatable bonds is 6. The van der Waals surface area contributed by atoms with Gasteiger partial charge in [-0.05, 0) is 36.6 Å². The summed E-state index contributed by atoms with van der Waals surface area (Å²) in [6.07, 6.45) is 1.05. The topological polar surface area (TPSA) is 84.2 Å². The highest BCUT2D eigenvalue weighted by Crippen LogP contribution is 2.23. The Hall–Kier alpha value is -2.66. The minimum atomic E-state index is -0.296. The number of amides is 2. The molecule has 0 aliphatic carbocycles. The fourth-order valence-electron chi connectivity index (χ4n) is 2.19. The maximum atomic E-state index is 12.1. The number of benzene rings is 2. The summed E-state index contributed by atoms with van der Waals surface area (Å²) in [5, 5.41) is 5.54. The standard InChI is InChI=1S/C18H21N3O2/c1-13-7-9-15(16(11-13)21-18(23)12-19)20-17(22)10-8-14-5-3-2-4-6-14/h2-7,9,11H,8,10,12,19H2,1H3,(H,20,22)(H,21,23). The van der Waals surface area contributed by atoms with E-state index in [4.69, 9.17) is 5.73 Å². The first kappa shape index (κ1) is 16.7. The Morgan fingerprint density at radius 3 is 2.35 bits per heavy atom. The molecule has 23 heavy (non-hydrogen) atoms. The molecule has 0 spiro atoms. The van der Waals surface area contributed by atoms with Gasteiger partial charge in [0, 0.05) is 6.42 Å². The molecule has 0 bridgehead atoms. The van der Waals surface area contributed by atoms with E-state index >= 15 is 0 Å². The molecule has 2 rings (SSSR count). The molecule has 0 unspecified atom stereocenters. The largest absolute Gasteiger partial charge is 0.324 e. The van der Waals surface area contributed by atoms with E-state index in [9.17, 15) is 9.59 Å². The Kier molecular flexibility index (Phi) is 5.88. The number of nitrogens with two attached hydrogens (primary N) is 1. The SMILES string of the molecule is Cc1ccc(NC(=O)CCc2ccccc2)c(NC(=O)CN)c1. The number of aryl methyl sites for hydroxylation is 2. The van der Waals surface area contributed by atoms with Gasteiger partial charge in [0.15, 0.2) is 0 Å². The number of anilines is 2. The summed E-state index contributed by atoms with van der Waals surface area (Å²) in [4.78, 5) is 23.6. The summed E-state index contributed by atoms with van der Waals surface area (Å²) in [5.41, 5.74) is 8.56. The molecule has 0 radical (unpaired) electrons. The van der Waals surface area contributed by atoms with Gasteiger partial charge in [-0.25, -0.2) is 0 Å². The van der Waals surface area contributed by atoms with Crippen LogP contribution in [-0.2, 0) is 16.0 Å². The van der Waals surface area contributed by atoms with Crippen molar-refractivity contribution in [1.82, 2.24) is 0 Å². The van der Waals surface area contributed by atoms with Gasteiger partial charge < -0.3 is 16.4 Å². The molecule has 5 nitrogen and oxygen atoms in total. The van der Waals surface area contributed by atoms with Crippen molar-refractivity contribution >= 4 is 23.2 Å². The molecule has 0 aromatic heterocycles. The van der Waals surface area contributed by atoms with E-state index < -0.39 is 0 Å². The maximum Gasteiger partial charge on any atom is 0.238 e. The number of hydrogen-bond acceptors (Lipinski definition) is 3. The van der Waals surface area contributed by atoms with E-state index in [1.165, 1.54) is 0 Å². The Morgan fingerprint density at radius 2 is 1.65 bits per heavy atom. The van der Waals surface area contributed by atoms with Crippen LogP contribution in [0.1, 0.15) is 17.5 Å². The lowest BCUT2D eigenvalue weighted by atomic mass is 10.1. The molecular weight excluding hydrogens is 290 g/mol. The van der Waals surface area contributed by atoms with E-state index in [2.05, 4.69) is 10.6 Å². The maximum absolute atomic E-state index is 12.1. The van der Waals surface area contributed by atoms with Gasteiger partial charge in [-0.15, -0.1) is 0 Å². The zero-order valence-electron chi connectivity index (χ0n) is 13.1. The average Bonchev–Trinajstić information content (AvgIpc) is 2.56. The minimum Gasteiger partial charge on any atom is -0.324 e. The molecule has 2 amide bonds. The van der Waals surface area contributed by atoms with Gasteiger partial charge in [0.1, 0.15) is 0 Å². The third kappa shape index (κ3) is 5.23. The Balaban J connectivity index is 2.01. The van der Waals surface area contributed by atoms with Gasteiger partial charge in [0.2, 0.25) is 11.8 Å². The normalized spacial score (nSPS) is 10.2. The molecule has 0 saturated carbocycles. The van der Waals surface area contributed by atoms with Crippen molar-refractivity contribution in [1.29, 1.82) is 0 Å². The van der Waals surface area contributed by atoms with Crippen molar-refractivity contribution in [2.24, 2.45) is 5.73 Å². The second-order valence-corrected chi connectivity index (χ2v) is 5.34. The van der Waals surface area contributed by atoms with Crippen LogP contribution in [0.3, 0.4) is 0 Å². The fourth-order valence-corrected chi connectivity index (χ4v) is 2.19. The van der Waals surface area contributed by atoms with Crippen molar-refractivity contribution in [3.63, 3.8) is 0 Å². The van der Waals surface area contributed by atoms with Crippen molar-refractivity contribution in [2.75, 3.05) is 17.2 Å². The predicted octanol–water partition coefficient (Wildman–Crippen LogP) is 2.46. The minimum absolute atomic E-state index is 0.0963. The molecule has 0 fully saturated rings. The zero-order chi connectivity index (χ0) is 16.7. The number of carbonyl (C=O) groups is 2. The first-order valence-electron chi connectivity index (χ1n) is 7.53. The number of nitrogens with one attached hydrogen (secondary N) is 2. The second kappa shape index (κ2) is 8.10. The van der Waals surface area contributed by atoms with Crippen molar-refractivity contribution in [3.8, 4) is 0 Å². The van der Waals surface area contributed by atoms with Crippen LogP contribution in [-0.4, -0.2) is 18.4 Å². The third-order valence-electron chi connectivity index (χ3n) is 3.39. The zero-order valence-corrected chi connectivity index (χ0v) is 13.1. The third-order valence-corrected chi connectivity index (χ3v) is 3.39. The van der Waals surface area contributed by atoms with Crippen LogP contribution in [0, 0.1) is 6.92 Å². The summed E-state index contributed by atoms with van der Waals surface area (Å²) in [5.74, 6) is -0.392. The lowest BCUT2D eigenvalue weighted by Gasteiger charge is -2.13. The van der Waals surface area contributed by atoms with Gasteiger partial charge in [0.25, 0.3) is 0 Å². The van der Waals surface area contributed by atoms with Crippen LogP contribution in [0.25, 0.3) is 0 Å². The Bertz CT molecular complexity index is 684. The predicted molar refractivity (Wildman–Crippen MR) is 92.3 cm³/mol. The molecule has 0 saturated heterocycles. The molecule has 0 aliphatic heterocycles. The second-order valence-electron chi connectivity index (χ2n) is 5.34. The summed E-state index contributed by atoms with van der Waals surface area (Å²) in [6.45, 7) is 1.81. The van der Waals surface area contributed by atoms with Gasteiger partial charge in [-0.3, -0.25) is 9.59 Å². The quantitative estimate of drug-likeness (QED) is 0.766. The van der Waals surface area contributed by atoms with Crippen LogP contribution < -0.4 is 16.4 Å². The summed E-state index contributed by atoms with van der Waals surface area (Å²) in [6, 6.07) is 15.3. The molecule has 2 aromatic rings. The molecule has 0 heterocycles. The highest BCUT2D eigenvalue weighted by molar-refractivity contribution is 6.00. The average molecular weight is 311 g/mol. The van der Waals surface area contributed by atoms with E-state index in [0.29, 0.717) is 24.2 Å². The van der Waals surface area contributed by atoms with Crippen molar-refractivity contribution in [2.45, 2.75) is 19.8 Å². The van der Waals surface area contributed by atoms with E-state index in [-0.39, 0.29) is 18.4 Å². The summed E-state index contributed by atoms with van der Waals surface area (Å²) in [7, 11) is 0. The molecule has 2 aromatic carbocycles. The first-order valence-corrected chi connectivity index (χ1v) is 7.53. The molecular formula is C18H21N3O2. The molecule has 0 atom stereocenters. The summed E-state index contributed by atoms with van der Waals surface area (Å²) < 4.78 is 0. The van der Waals surface area contributed by atoms with Gasteiger partial charge in [0.05, 0.1) is 17.9 Å². The van der Waals surface area contributed by atoms with Crippen molar-refractivity contribution in [3.05, 3.63) is 59.7 Å². The van der Waals surface area contributed by atoms with Gasteiger partial charge in [-0.1, -0.05) is 36.4 Å². The van der Waals surface area contributed by atoms with E-state index in [0.717, 1.165) is 11.1 Å². The molecule has 0 aliphatic rings. The number of hydrogen-bond donors (Lipinski definition) is 3. The van der Waals surface area contributed by atoms with Gasteiger partial charge in [-0.2, -0.15) is 0 Å². The van der Waals surface area contributed by atoms with Crippen LogP contribution in [0.15, 0.2) is 48.5 Å². The van der Waals surface area contributed by atoms with E-state index in [1.807, 2.05) is 43.3 Å². The molecule has 4 N–H and O–H groups in total. The highest BCUT2D eigenvalue weighted by Gasteiger charge is 2.09. The summed E-state index contributed by atoms with van der Waals surface area (Å²) >= 11 is 0. The fraction of sp³-hybridized carbons (Fsp3) is 0.222. The van der Waals surface area contributed by atoms with Crippen LogP contribution in [0.5, 0.6) is 0 Å². The first-order chi connectivity index (χ1) is 11.1. The van der Waals surface area contributed by atoms with E-state index in [1.54, 1.807) is 12.1 Å². The molecule has 5 heteroatoms. The van der Waals surface area contributed by atoms with Crippen LogP contribution >= 0.6 is 0 Å². The lowest BCUT2D eigenvalue weighted by Crippen LogP contribution is -2.23. The highest BCUT2D eigenvalue weighted by atomic mass is 16.2. The monoisotopic (exact) mass is 311 g/mol. The van der Waals surface area contributed by atoms with Crippen LogP contribution in [0.4, 0.5) is 11.4 Å². The number of carbonyl (C=O) groups excluding carboxylic acids is 2. The van der Waals surface area contributed by atoms with Crippen molar-refractivity contribution < 1.29 is 9.59 Å². The lowest BCUT2D eigenvalue weighted by molar-refractivity contribution is -0.116. The van der Waals surface area contributed by atoms with Crippen LogP contribution in [0.2, 0.25) is 0 Å². The van der Waals surface area contributed by atoms with Gasteiger partial charge >= 0.3 is 0 Å². The molecule has 120 valence electrons. The smallest absolute Gasteiger partial charge is 0.238 e. The Labute approximate surface area is 135 Å².